The average molecular weight is 312 g/mol. The van der Waals surface area contributed by atoms with Crippen LogP contribution in [0.25, 0.3) is 0 Å². The maximum absolute atomic E-state index is 11.7. The van der Waals surface area contributed by atoms with Crippen LogP contribution in [0.5, 0.6) is 0 Å². The SMILES string of the molecule is CCCCCCCCCC(=O)C(=O)CCCCCCC(=O)O. The van der Waals surface area contributed by atoms with E-state index in [4.69, 9.17) is 5.11 Å². The topological polar surface area (TPSA) is 71.4 Å². The second kappa shape index (κ2) is 14.7. The van der Waals surface area contributed by atoms with Crippen molar-refractivity contribution >= 4 is 17.5 Å². The Morgan fingerprint density at radius 2 is 0.955 bits per heavy atom. The minimum atomic E-state index is -0.777. The molecule has 1 N–H and O–H groups in total. The number of hydrogen-bond acceptors (Lipinski definition) is 3. The molecule has 0 bridgehead atoms. The van der Waals surface area contributed by atoms with Crippen LogP contribution in [0.2, 0.25) is 0 Å². The van der Waals surface area contributed by atoms with Gasteiger partial charge in [0.15, 0.2) is 11.6 Å². The summed E-state index contributed by atoms with van der Waals surface area (Å²) in [6, 6.07) is 0. The molecule has 4 nitrogen and oxygen atoms in total. The molecular weight excluding hydrogens is 280 g/mol. The highest BCUT2D eigenvalue weighted by Crippen LogP contribution is 2.10. The van der Waals surface area contributed by atoms with E-state index in [2.05, 4.69) is 6.92 Å². The summed E-state index contributed by atoms with van der Waals surface area (Å²) in [5.74, 6) is -1.25. The van der Waals surface area contributed by atoms with Crippen LogP contribution in [0.1, 0.15) is 96.8 Å². The summed E-state index contributed by atoms with van der Waals surface area (Å²) in [7, 11) is 0. The minimum Gasteiger partial charge on any atom is -0.481 e. The Kier molecular flexibility index (Phi) is 13.9. The summed E-state index contributed by atoms with van der Waals surface area (Å²) < 4.78 is 0. The van der Waals surface area contributed by atoms with Crippen LogP contribution in [-0.4, -0.2) is 22.6 Å². The highest BCUT2D eigenvalue weighted by Gasteiger charge is 2.12. The predicted molar refractivity (Wildman–Crippen MR) is 88.0 cm³/mol. The molecule has 0 aromatic heterocycles. The second-order valence-electron chi connectivity index (χ2n) is 6.03. The summed E-state index contributed by atoms with van der Waals surface area (Å²) in [5, 5.41) is 8.50. The number of carboxylic acids is 1. The van der Waals surface area contributed by atoms with Crippen LogP contribution >= 0.6 is 0 Å². The molecule has 0 atom stereocenters. The van der Waals surface area contributed by atoms with Crippen LogP contribution in [-0.2, 0) is 14.4 Å². The zero-order chi connectivity index (χ0) is 16.6. The molecule has 0 aromatic carbocycles. The van der Waals surface area contributed by atoms with Crippen LogP contribution in [0, 0.1) is 0 Å². The van der Waals surface area contributed by atoms with Crippen molar-refractivity contribution in [2.75, 3.05) is 0 Å². The fourth-order valence-corrected chi connectivity index (χ4v) is 2.44. The largest absolute Gasteiger partial charge is 0.481 e. The van der Waals surface area contributed by atoms with Crippen molar-refractivity contribution in [1.82, 2.24) is 0 Å². The molecule has 0 radical (unpaired) electrons. The maximum Gasteiger partial charge on any atom is 0.303 e. The van der Waals surface area contributed by atoms with E-state index in [0.29, 0.717) is 25.7 Å². The summed E-state index contributed by atoms with van der Waals surface area (Å²) in [4.78, 5) is 33.6. The Morgan fingerprint density at radius 3 is 1.36 bits per heavy atom. The molecule has 0 fully saturated rings. The maximum atomic E-state index is 11.7. The number of hydrogen-bond donors (Lipinski definition) is 1. The first-order chi connectivity index (χ1) is 10.6. The quantitative estimate of drug-likeness (QED) is 0.331. The molecule has 4 heteroatoms. The Morgan fingerprint density at radius 1 is 0.591 bits per heavy atom. The number of Topliss-reactive ketones (excluding diaryl/α,β-unsaturated/α-hetero) is 2. The second-order valence-corrected chi connectivity index (χ2v) is 6.03. The zero-order valence-electron chi connectivity index (χ0n) is 14.1. The van der Waals surface area contributed by atoms with Gasteiger partial charge in [0.25, 0.3) is 0 Å². The Bertz CT molecular complexity index is 323. The highest BCUT2D eigenvalue weighted by atomic mass is 16.4. The number of unbranched alkanes of at least 4 members (excludes halogenated alkanes) is 9. The molecule has 22 heavy (non-hydrogen) atoms. The van der Waals surface area contributed by atoms with Crippen LogP contribution in [0.4, 0.5) is 0 Å². The summed E-state index contributed by atoms with van der Waals surface area (Å²) in [6.07, 6.45) is 11.9. The van der Waals surface area contributed by atoms with E-state index in [-0.39, 0.29) is 18.0 Å². The molecule has 0 aliphatic carbocycles. The Labute approximate surface area is 134 Å². The Balaban J connectivity index is 3.43. The lowest BCUT2D eigenvalue weighted by Gasteiger charge is -2.02. The molecule has 0 saturated heterocycles. The van der Waals surface area contributed by atoms with Gasteiger partial charge in [0.05, 0.1) is 0 Å². The predicted octanol–water partition coefficient (Wildman–Crippen LogP) is 4.69. The first-order valence-electron chi connectivity index (χ1n) is 8.85. The van der Waals surface area contributed by atoms with Gasteiger partial charge in [-0.05, 0) is 19.3 Å². The number of aliphatic carboxylic acids is 1. The number of carbonyl (C=O) groups is 3. The number of rotatable bonds is 16. The van der Waals surface area contributed by atoms with E-state index in [0.717, 1.165) is 32.1 Å². The van der Waals surface area contributed by atoms with E-state index in [1.54, 1.807) is 0 Å². The van der Waals surface area contributed by atoms with Gasteiger partial charge in [-0.2, -0.15) is 0 Å². The minimum absolute atomic E-state index is 0.186. The third-order valence-electron chi connectivity index (χ3n) is 3.86. The van der Waals surface area contributed by atoms with Gasteiger partial charge in [-0.1, -0.05) is 58.3 Å². The molecule has 0 aliphatic rings. The van der Waals surface area contributed by atoms with Crippen molar-refractivity contribution in [3.05, 3.63) is 0 Å². The van der Waals surface area contributed by atoms with Crippen LogP contribution in [0.3, 0.4) is 0 Å². The summed E-state index contributed by atoms with van der Waals surface area (Å²) >= 11 is 0. The van der Waals surface area contributed by atoms with Crippen LogP contribution < -0.4 is 0 Å². The number of carbonyl (C=O) groups excluding carboxylic acids is 2. The smallest absolute Gasteiger partial charge is 0.303 e. The molecule has 0 unspecified atom stereocenters. The van der Waals surface area contributed by atoms with Gasteiger partial charge in [0.2, 0.25) is 0 Å². The first-order valence-corrected chi connectivity index (χ1v) is 8.85. The van der Waals surface area contributed by atoms with Crippen molar-refractivity contribution in [3.8, 4) is 0 Å². The monoisotopic (exact) mass is 312 g/mol. The van der Waals surface area contributed by atoms with Crippen molar-refractivity contribution in [3.63, 3.8) is 0 Å². The normalized spacial score (nSPS) is 10.6. The first kappa shape index (κ1) is 20.8. The van der Waals surface area contributed by atoms with Gasteiger partial charge in [0.1, 0.15) is 0 Å². The standard InChI is InChI=1S/C18H32O4/c1-2-3-4-5-6-7-10-13-16(19)17(20)14-11-8-9-12-15-18(21)22/h2-15H2,1H3,(H,21,22). The van der Waals surface area contributed by atoms with E-state index in [1.165, 1.54) is 25.7 Å². The molecular formula is C18H32O4. The number of ketones is 2. The molecule has 0 heterocycles. The molecule has 0 aliphatic heterocycles. The Hall–Kier alpha value is -1.19. The van der Waals surface area contributed by atoms with Gasteiger partial charge in [-0.25, -0.2) is 0 Å². The highest BCUT2D eigenvalue weighted by molar-refractivity contribution is 6.37. The summed E-state index contributed by atoms with van der Waals surface area (Å²) in [6.45, 7) is 2.19. The molecule has 0 aromatic rings. The van der Waals surface area contributed by atoms with Crippen molar-refractivity contribution in [1.29, 1.82) is 0 Å². The van der Waals surface area contributed by atoms with E-state index in [1.807, 2.05) is 0 Å². The van der Waals surface area contributed by atoms with Gasteiger partial charge in [0, 0.05) is 19.3 Å². The molecule has 0 spiro atoms. The number of carboxylic acid groups (broad SMARTS) is 1. The van der Waals surface area contributed by atoms with Gasteiger partial charge in [-0.3, -0.25) is 14.4 Å². The van der Waals surface area contributed by atoms with E-state index < -0.39 is 5.97 Å². The van der Waals surface area contributed by atoms with Crippen LogP contribution in [0.15, 0.2) is 0 Å². The molecule has 128 valence electrons. The van der Waals surface area contributed by atoms with Gasteiger partial charge in [-0.15, -0.1) is 0 Å². The van der Waals surface area contributed by atoms with Crippen molar-refractivity contribution in [2.24, 2.45) is 0 Å². The average Bonchev–Trinajstić information content (AvgIpc) is 2.49. The van der Waals surface area contributed by atoms with Gasteiger partial charge < -0.3 is 5.11 Å². The third-order valence-corrected chi connectivity index (χ3v) is 3.86. The van der Waals surface area contributed by atoms with Crippen molar-refractivity contribution < 1.29 is 19.5 Å². The molecule has 0 saturated carbocycles. The lowest BCUT2D eigenvalue weighted by molar-refractivity contribution is -0.137. The van der Waals surface area contributed by atoms with Crippen molar-refractivity contribution in [2.45, 2.75) is 96.8 Å². The fraction of sp³-hybridized carbons (Fsp3) is 0.833. The molecule has 0 amide bonds. The fourth-order valence-electron chi connectivity index (χ4n) is 2.44. The third kappa shape index (κ3) is 13.8. The lowest BCUT2D eigenvalue weighted by Crippen LogP contribution is -2.13. The summed E-state index contributed by atoms with van der Waals surface area (Å²) in [5.41, 5.74) is 0. The van der Waals surface area contributed by atoms with Gasteiger partial charge >= 0.3 is 5.97 Å². The molecule has 0 rings (SSSR count). The van der Waals surface area contributed by atoms with E-state index in [9.17, 15) is 14.4 Å². The lowest BCUT2D eigenvalue weighted by atomic mass is 10.0. The van der Waals surface area contributed by atoms with E-state index >= 15 is 0 Å². The zero-order valence-corrected chi connectivity index (χ0v) is 14.1.